The smallest absolute Gasteiger partial charge is 0.0672 e. The third-order valence-electron chi connectivity index (χ3n) is 3.02. The molecule has 1 saturated heterocycles. The largest absolute Gasteiger partial charge is 0.381 e. The van der Waals surface area contributed by atoms with Crippen molar-refractivity contribution >= 4 is 0 Å². The lowest BCUT2D eigenvalue weighted by atomic mass is 9.82. The standard InChI is InChI=1S/C13H25NO2/c1-12(2)10-16-9-6-14-11-13(3)4-7-15-8-5-13/h14H,1,4-11H2,2-3H3. The van der Waals surface area contributed by atoms with Crippen molar-refractivity contribution in [2.45, 2.75) is 26.7 Å². The van der Waals surface area contributed by atoms with Gasteiger partial charge in [0.2, 0.25) is 0 Å². The molecular weight excluding hydrogens is 202 g/mol. The van der Waals surface area contributed by atoms with Crippen LogP contribution in [-0.4, -0.2) is 39.5 Å². The van der Waals surface area contributed by atoms with Crippen molar-refractivity contribution < 1.29 is 9.47 Å². The van der Waals surface area contributed by atoms with E-state index in [1.54, 1.807) is 0 Å². The molecule has 0 aromatic heterocycles. The van der Waals surface area contributed by atoms with Crippen molar-refractivity contribution in [1.82, 2.24) is 5.32 Å². The topological polar surface area (TPSA) is 30.5 Å². The maximum atomic E-state index is 5.43. The fourth-order valence-corrected chi connectivity index (χ4v) is 1.82. The fraction of sp³-hybridized carbons (Fsp3) is 0.846. The number of rotatable bonds is 7. The van der Waals surface area contributed by atoms with E-state index in [4.69, 9.17) is 9.47 Å². The zero-order valence-electron chi connectivity index (χ0n) is 10.7. The first-order chi connectivity index (χ1) is 7.62. The lowest BCUT2D eigenvalue weighted by Gasteiger charge is -2.33. The van der Waals surface area contributed by atoms with Gasteiger partial charge in [-0.25, -0.2) is 0 Å². The van der Waals surface area contributed by atoms with Crippen LogP contribution in [0.1, 0.15) is 26.7 Å². The van der Waals surface area contributed by atoms with Gasteiger partial charge in [-0.1, -0.05) is 19.1 Å². The van der Waals surface area contributed by atoms with Gasteiger partial charge in [0.15, 0.2) is 0 Å². The van der Waals surface area contributed by atoms with E-state index in [2.05, 4.69) is 18.8 Å². The Morgan fingerprint density at radius 1 is 1.44 bits per heavy atom. The van der Waals surface area contributed by atoms with Crippen molar-refractivity contribution in [1.29, 1.82) is 0 Å². The Kier molecular flexibility index (Phi) is 6.03. The first-order valence-electron chi connectivity index (χ1n) is 6.13. The molecule has 0 atom stereocenters. The molecule has 0 bridgehead atoms. The second-order valence-electron chi connectivity index (χ2n) is 5.11. The van der Waals surface area contributed by atoms with Crippen molar-refractivity contribution in [2.75, 3.05) is 39.5 Å². The van der Waals surface area contributed by atoms with Gasteiger partial charge in [0.05, 0.1) is 13.2 Å². The highest BCUT2D eigenvalue weighted by atomic mass is 16.5. The Morgan fingerprint density at radius 2 is 2.12 bits per heavy atom. The predicted octanol–water partition coefficient (Wildman–Crippen LogP) is 1.99. The SMILES string of the molecule is C=C(C)COCCNCC1(C)CCOCC1. The van der Waals surface area contributed by atoms with Gasteiger partial charge in [-0.15, -0.1) is 0 Å². The van der Waals surface area contributed by atoms with E-state index in [1.807, 2.05) is 6.92 Å². The molecule has 1 aliphatic heterocycles. The van der Waals surface area contributed by atoms with Crippen LogP contribution in [0.3, 0.4) is 0 Å². The molecule has 0 aromatic carbocycles. The van der Waals surface area contributed by atoms with Gasteiger partial charge in [0.1, 0.15) is 0 Å². The first kappa shape index (κ1) is 13.7. The molecule has 1 N–H and O–H groups in total. The summed E-state index contributed by atoms with van der Waals surface area (Å²) in [5, 5.41) is 3.46. The zero-order valence-corrected chi connectivity index (χ0v) is 10.7. The summed E-state index contributed by atoms with van der Waals surface area (Å²) < 4.78 is 10.8. The normalized spacial score (nSPS) is 19.6. The Balaban J connectivity index is 1.99. The van der Waals surface area contributed by atoms with E-state index in [0.29, 0.717) is 12.0 Å². The van der Waals surface area contributed by atoms with E-state index < -0.39 is 0 Å². The molecule has 0 aromatic rings. The Labute approximate surface area is 99.2 Å². The molecule has 1 rings (SSSR count). The van der Waals surface area contributed by atoms with E-state index >= 15 is 0 Å². The third-order valence-corrected chi connectivity index (χ3v) is 3.02. The molecule has 1 heterocycles. The van der Waals surface area contributed by atoms with Crippen LogP contribution in [-0.2, 0) is 9.47 Å². The molecule has 0 spiro atoms. The number of hydrogen-bond acceptors (Lipinski definition) is 3. The van der Waals surface area contributed by atoms with E-state index in [1.165, 1.54) is 0 Å². The maximum Gasteiger partial charge on any atom is 0.0672 e. The number of nitrogens with one attached hydrogen (secondary N) is 1. The molecule has 1 fully saturated rings. The van der Waals surface area contributed by atoms with Gasteiger partial charge in [-0.2, -0.15) is 0 Å². The highest BCUT2D eigenvalue weighted by Gasteiger charge is 2.26. The summed E-state index contributed by atoms with van der Waals surface area (Å²) in [6, 6.07) is 0. The van der Waals surface area contributed by atoms with Crippen LogP contribution < -0.4 is 5.32 Å². The summed E-state index contributed by atoms with van der Waals surface area (Å²) in [6.45, 7) is 13.3. The van der Waals surface area contributed by atoms with Crippen molar-refractivity contribution in [2.24, 2.45) is 5.41 Å². The fourth-order valence-electron chi connectivity index (χ4n) is 1.82. The van der Waals surface area contributed by atoms with Gasteiger partial charge in [0, 0.05) is 26.3 Å². The van der Waals surface area contributed by atoms with Crippen molar-refractivity contribution in [3.8, 4) is 0 Å². The number of ether oxygens (including phenoxy) is 2. The van der Waals surface area contributed by atoms with Crippen LogP contribution in [0.5, 0.6) is 0 Å². The maximum absolute atomic E-state index is 5.43. The molecule has 3 nitrogen and oxygen atoms in total. The quantitative estimate of drug-likeness (QED) is 0.533. The van der Waals surface area contributed by atoms with Crippen molar-refractivity contribution in [3.63, 3.8) is 0 Å². The first-order valence-corrected chi connectivity index (χ1v) is 6.13. The zero-order chi connectivity index (χ0) is 11.9. The second-order valence-corrected chi connectivity index (χ2v) is 5.11. The Bertz CT molecular complexity index is 210. The minimum Gasteiger partial charge on any atom is -0.381 e. The summed E-state index contributed by atoms with van der Waals surface area (Å²) in [5.74, 6) is 0. The Hall–Kier alpha value is -0.380. The molecule has 3 heteroatoms. The van der Waals surface area contributed by atoms with Gasteiger partial charge in [0.25, 0.3) is 0 Å². The molecule has 0 radical (unpaired) electrons. The summed E-state index contributed by atoms with van der Waals surface area (Å²) in [5.41, 5.74) is 1.49. The molecule has 0 saturated carbocycles. The van der Waals surface area contributed by atoms with Gasteiger partial charge >= 0.3 is 0 Å². The van der Waals surface area contributed by atoms with Crippen LogP contribution >= 0.6 is 0 Å². The predicted molar refractivity (Wildman–Crippen MR) is 66.7 cm³/mol. The third kappa shape index (κ3) is 5.64. The molecule has 16 heavy (non-hydrogen) atoms. The molecule has 0 amide bonds. The number of hydrogen-bond donors (Lipinski definition) is 1. The van der Waals surface area contributed by atoms with Gasteiger partial charge in [-0.3, -0.25) is 0 Å². The minimum absolute atomic E-state index is 0.409. The average molecular weight is 227 g/mol. The highest BCUT2D eigenvalue weighted by molar-refractivity contribution is 4.87. The van der Waals surface area contributed by atoms with Crippen LogP contribution in [0.15, 0.2) is 12.2 Å². The lowest BCUT2D eigenvalue weighted by Crippen LogP contribution is -2.38. The lowest BCUT2D eigenvalue weighted by molar-refractivity contribution is 0.0233. The van der Waals surface area contributed by atoms with E-state index in [-0.39, 0.29) is 0 Å². The summed E-state index contributed by atoms with van der Waals surface area (Å²) >= 11 is 0. The molecule has 0 unspecified atom stereocenters. The van der Waals surface area contributed by atoms with Gasteiger partial charge in [-0.05, 0) is 25.2 Å². The monoisotopic (exact) mass is 227 g/mol. The van der Waals surface area contributed by atoms with E-state index in [9.17, 15) is 0 Å². The summed E-state index contributed by atoms with van der Waals surface area (Å²) in [7, 11) is 0. The van der Waals surface area contributed by atoms with Crippen LogP contribution in [0.25, 0.3) is 0 Å². The second kappa shape index (κ2) is 7.05. The van der Waals surface area contributed by atoms with Gasteiger partial charge < -0.3 is 14.8 Å². The van der Waals surface area contributed by atoms with Crippen LogP contribution in [0.2, 0.25) is 0 Å². The molecule has 1 aliphatic rings. The summed E-state index contributed by atoms with van der Waals surface area (Å²) in [4.78, 5) is 0. The van der Waals surface area contributed by atoms with Crippen molar-refractivity contribution in [3.05, 3.63) is 12.2 Å². The van der Waals surface area contributed by atoms with Crippen LogP contribution in [0, 0.1) is 5.41 Å². The molecule has 94 valence electrons. The average Bonchev–Trinajstić information content (AvgIpc) is 2.24. The molecular formula is C13H25NO2. The molecule has 0 aliphatic carbocycles. The minimum atomic E-state index is 0.409. The van der Waals surface area contributed by atoms with E-state index in [0.717, 1.165) is 51.3 Å². The summed E-state index contributed by atoms with van der Waals surface area (Å²) in [6.07, 6.45) is 2.32. The Morgan fingerprint density at radius 3 is 2.75 bits per heavy atom. The highest BCUT2D eigenvalue weighted by Crippen LogP contribution is 2.28. The van der Waals surface area contributed by atoms with Crippen LogP contribution in [0.4, 0.5) is 0 Å².